The van der Waals surface area contributed by atoms with Gasteiger partial charge in [-0.3, -0.25) is 19.1 Å². The maximum absolute atomic E-state index is 13.3. The molecule has 3 aromatic rings. The highest BCUT2D eigenvalue weighted by Crippen LogP contribution is 2.31. The van der Waals surface area contributed by atoms with Crippen molar-refractivity contribution in [3.63, 3.8) is 0 Å². The average Bonchev–Trinajstić information content (AvgIpc) is 2.73. The van der Waals surface area contributed by atoms with E-state index in [1.807, 2.05) is 26.0 Å². The summed E-state index contributed by atoms with van der Waals surface area (Å²) in [5, 5.41) is -0.0438. The number of nitrogens with zero attached hydrogens (tertiary/aromatic N) is 3. The van der Waals surface area contributed by atoms with Gasteiger partial charge in [0, 0.05) is 29.9 Å². The van der Waals surface area contributed by atoms with Crippen LogP contribution in [0, 0.1) is 13.8 Å². The van der Waals surface area contributed by atoms with E-state index < -0.39 is 27.3 Å². The summed E-state index contributed by atoms with van der Waals surface area (Å²) in [6.45, 7) is 4.29. The number of piperidine rings is 1. The average molecular weight is 536 g/mol. The van der Waals surface area contributed by atoms with Crippen molar-refractivity contribution in [1.29, 1.82) is 0 Å². The Morgan fingerprint density at radius 1 is 1.15 bits per heavy atom. The van der Waals surface area contributed by atoms with Crippen LogP contribution in [0.2, 0.25) is 0 Å². The van der Waals surface area contributed by atoms with Crippen LogP contribution >= 0.6 is 15.9 Å². The van der Waals surface area contributed by atoms with E-state index in [0.717, 1.165) is 38.1 Å². The molecular weight excluding hydrogens is 514 g/mol. The number of benzene rings is 1. The number of carbonyl (C=O) groups is 1. The zero-order valence-corrected chi connectivity index (χ0v) is 20.6. The Hall–Kier alpha value is -2.83. The number of aromatic amines is 1. The van der Waals surface area contributed by atoms with Crippen LogP contribution in [0.3, 0.4) is 0 Å². The van der Waals surface area contributed by atoms with E-state index in [9.17, 15) is 22.8 Å². The van der Waals surface area contributed by atoms with Crippen LogP contribution in [0.4, 0.5) is 5.69 Å². The molecule has 1 saturated heterocycles. The topological polar surface area (TPSA) is 134 Å². The third kappa shape index (κ3) is 4.25. The lowest BCUT2D eigenvalue weighted by molar-refractivity contribution is -0.121. The fourth-order valence-electron chi connectivity index (χ4n) is 4.15. The Labute approximate surface area is 197 Å². The van der Waals surface area contributed by atoms with Gasteiger partial charge in [0.25, 0.3) is 5.56 Å². The second-order valence-electron chi connectivity index (χ2n) is 8.05. The number of halogens is 1. The van der Waals surface area contributed by atoms with Crippen LogP contribution in [0.15, 0.2) is 43.4 Å². The summed E-state index contributed by atoms with van der Waals surface area (Å²) >= 11 is 3.45. The van der Waals surface area contributed by atoms with Gasteiger partial charge in [-0.1, -0.05) is 15.9 Å². The fraction of sp³-hybridized carbons (Fsp3) is 0.333. The van der Waals surface area contributed by atoms with Crippen molar-refractivity contribution in [2.24, 2.45) is 7.05 Å². The summed E-state index contributed by atoms with van der Waals surface area (Å²) in [7, 11) is -2.75. The number of anilines is 1. The molecule has 1 aliphatic rings. The van der Waals surface area contributed by atoms with E-state index in [-0.39, 0.29) is 21.8 Å². The number of hydrogen-bond acceptors (Lipinski definition) is 6. The highest BCUT2D eigenvalue weighted by molar-refractivity contribution is 9.10. The molecular formula is C21H22BrN5O5S. The predicted octanol–water partition coefficient (Wildman–Crippen LogP) is 1.48. The zero-order chi connectivity index (χ0) is 24.1. The number of sulfonamides is 1. The van der Waals surface area contributed by atoms with Gasteiger partial charge in [0.2, 0.25) is 15.9 Å². The van der Waals surface area contributed by atoms with Gasteiger partial charge in [0.15, 0.2) is 0 Å². The van der Waals surface area contributed by atoms with Crippen LogP contribution in [0.5, 0.6) is 0 Å². The van der Waals surface area contributed by atoms with Gasteiger partial charge in [-0.25, -0.2) is 18.2 Å². The molecule has 0 spiro atoms. The molecule has 174 valence electrons. The molecule has 1 fully saturated rings. The molecule has 33 heavy (non-hydrogen) atoms. The molecule has 0 saturated carbocycles. The van der Waals surface area contributed by atoms with Gasteiger partial charge in [0.05, 0.1) is 5.39 Å². The number of aryl methyl sites for hydroxylation is 3. The van der Waals surface area contributed by atoms with Gasteiger partial charge in [-0.05, 0) is 56.0 Å². The third-order valence-electron chi connectivity index (χ3n) is 5.70. The lowest BCUT2D eigenvalue weighted by Gasteiger charge is -2.34. The van der Waals surface area contributed by atoms with Crippen molar-refractivity contribution in [1.82, 2.24) is 19.3 Å². The molecule has 0 radical (unpaired) electrons. The van der Waals surface area contributed by atoms with Crippen LogP contribution in [-0.4, -0.2) is 41.4 Å². The maximum Gasteiger partial charge on any atom is 0.329 e. The van der Waals surface area contributed by atoms with Crippen molar-refractivity contribution >= 4 is 48.6 Å². The van der Waals surface area contributed by atoms with Crippen molar-refractivity contribution < 1.29 is 13.2 Å². The second kappa shape index (κ2) is 8.50. The van der Waals surface area contributed by atoms with Gasteiger partial charge < -0.3 is 4.90 Å². The Balaban J connectivity index is 1.66. The summed E-state index contributed by atoms with van der Waals surface area (Å²) in [6, 6.07) is 4.02. The van der Waals surface area contributed by atoms with E-state index in [4.69, 9.17) is 0 Å². The number of carbonyl (C=O) groups excluding carboxylic acids is 1. The number of aromatic nitrogens is 3. The normalized spacial score (nSPS) is 17.0. The number of nitrogens with one attached hydrogen (secondary N) is 2. The molecule has 1 amide bonds. The second-order valence-corrected chi connectivity index (χ2v) is 10.7. The minimum Gasteiger partial charge on any atom is -0.311 e. The molecule has 0 bridgehead atoms. The van der Waals surface area contributed by atoms with Gasteiger partial charge >= 0.3 is 5.69 Å². The van der Waals surface area contributed by atoms with Crippen LogP contribution in [0.1, 0.15) is 24.0 Å². The van der Waals surface area contributed by atoms with Gasteiger partial charge in [-0.15, -0.1) is 0 Å². The molecule has 1 unspecified atom stereocenters. The SMILES string of the molecule is Cc1cc(Br)cc(C)c1N1CCCC(NS(=O)(=O)c2cnc3c(c2)c(=O)[nH]c(=O)n3C)C1=O. The molecule has 12 heteroatoms. The van der Waals surface area contributed by atoms with Crippen molar-refractivity contribution in [2.75, 3.05) is 11.4 Å². The smallest absolute Gasteiger partial charge is 0.311 e. The van der Waals surface area contributed by atoms with E-state index in [1.165, 1.54) is 7.05 Å². The molecule has 10 nitrogen and oxygen atoms in total. The highest BCUT2D eigenvalue weighted by Gasteiger charge is 2.34. The predicted molar refractivity (Wildman–Crippen MR) is 127 cm³/mol. The summed E-state index contributed by atoms with van der Waals surface area (Å²) < 4.78 is 30.6. The third-order valence-corrected chi connectivity index (χ3v) is 7.60. The number of amides is 1. The van der Waals surface area contributed by atoms with Crippen LogP contribution in [0.25, 0.3) is 11.0 Å². The fourth-order valence-corrected chi connectivity index (χ4v) is 6.04. The quantitative estimate of drug-likeness (QED) is 0.519. The maximum atomic E-state index is 13.3. The minimum absolute atomic E-state index is 0.0438. The number of pyridine rings is 1. The number of hydrogen-bond donors (Lipinski definition) is 2. The number of H-pyrrole nitrogens is 1. The molecule has 1 atom stereocenters. The van der Waals surface area contributed by atoms with Crippen LogP contribution < -0.4 is 20.9 Å². The molecule has 1 aromatic carbocycles. The first-order valence-electron chi connectivity index (χ1n) is 10.2. The zero-order valence-electron chi connectivity index (χ0n) is 18.2. The monoisotopic (exact) mass is 535 g/mol. The Morgan fingerprint density at radius 2 is 1.82 bits per heavy atom. The molecule has 0 aliphatic carbocycles. The molecule has 2 aromatic heterocycles. The first kappa shape index (κ1) is 23.3. The first-order chi connectivity index (χ1) is 15.5. The first-order valence-corrected chi connectivity index (χ1v) is 12.5. The largest absolute Gasteiger partial charge is 0.329 e. The van der Waals surface area contributed by atoms with Gasteiger partial charge in [-0.2, -0.15) is 4.72 Å². The molecule has 4 rings (SSSR count). The standard InChI is InChI=1S/C21H22BrN5O5S/c1-11-7-13(22)8-12(2)17(11)27-6-4-5-16(20(27)29)25-33(31,32)14-9-15-18(23-10-14)26(3)21(30)24-19(15)28/h7-10,16,25H,4-6H2,1-3H3,(H,24,28,30). The van der Waals surface area contributed by atoms with Crippen molar-refractivity contribution in [3.8, 4) is 0 Å². The van der Waals surface area contributed by atoms with E-state index in [1.54, 1.807) is 4.90 Å². The number of rotatable bonds is 4. The summed E-state index contributed by atoms with van der Waals surface area (Å²) in [5.41, 5.74) is 1.25. The summed E-state index contributed by atoms with van der Waals surface area (Å²) in [4.78, 5) is 44.6. The van der Waals surface area contributed by atoms with Crippen LogP contribution in [-0.2, 0) is 21.9 Å². The van der Waals surface area contributed by atoms with E-state index in [0.29, 0.717) is 19.4 Å². The minimum atomic E-state index is -4.16. The van der Waals surface area contributed by atoms with Gasteiger partial charge in [0.1, 0.15) is 16.6 Å². The Morgan fingerprint density at radius 3 is 2.48 bits per heavy atom. The summed E-state index contributed by atoms with van der Waals surface area (Å²) in [6.07, 6.45) is 2.03. The highest BCUT2D eigenvalue weighted by atomic mass is 79.9. The lowest BCUT2D eigenvalue weighted by atomic mass is 10.0. The number of fused-ring (bicyclic) bond motifs is 1. The van der Waals surface area contributed by atoms with E-state index >= 15 is 0 Å². The Bertz CT molecular complexity index is 1490. The van der Waals surface area contributed by atoms with Crippen molar-refractivity contribution in [3.05, 3.63) is 60.8 Å². The molecule has 3 heterocycles. The Kier molecular flexibility index (Phi) is 6.01. The molecule has 1 aliphatic heterocycles. The van der Waals surface area contributed by atoms with E-state index in [2.05, 4.69) is 30.6 Å². The lowest BCUT2D eigenvalue weighted by Crippen LogP contribution is -2.52. The molecule has 2 N–H and O–H groups in total. The summed E-state index contributed by atoms with van der Waals surface area (Å²) in [5.74, 6) is -0.340. The van der Waals surface area contributed by atoms with Crippen molar-refractivity contribution in [2.45, 2.75) is 37.6 Å².